The van der Waals surface area contributed by atoms with Gasteiger partial charge in [-0.15, -0.1) is 0 Å². The van der Waals surface area contributed by atoms with Gasteiger partial charge in [0.15, 0.2) is 11.4 Å². The van der Waals surface area contributed by atoms with Crippen molar-refractivity contribution in [3.05, 3.63) is 41.1 Å². The van der Waals surface area contributed by atoms with E-state index < -0.39 is 6.29 Å². The van der Waals surface area contributed by atoms with Crippen LogP contribution < -0.4 is 10.1 Å². The van der Waals surface area contributed by atoms with Gasteiger partial charge in [0.25, 0.3) is 0 Å². The van der Waals surface area contributed by atoms with Crippen LogP contribution in [0.1, 0.15) is 36.8 Å². The standard InChI is InChI=1S/C18H25N3O3S/c1-5-23-15-8-7-13(9-12(15)3)10-19-16-14(17(22)24-6-2)11-20-18(21-16)25-4/h7-9,11,17,22H,5-6,10H2,1-4H3,(H,19,20,21). The first-order valence-electron chi connectivity index (χ1n) is 8.25. The first-order valence-corrected chi connectivity index (χ1v) is 9.48. The number of rotatable bonds is 9. The van der Waals surface area contributed by atoms with Crippen molar-refractivity contribution in [2.75, 3.05) is 24.8 Å². The molecule has 2 rings (SSSR count). The van der Waals surface area contributed by atoms with Gasteiger partial charge >= 0.3 is 0 Å². The Hall–Kier alpha value is -1.83. The lowest BCUT2D eigenvalue weighted by Gasteiger charge is -2.16. The molecule has 0 bridgehead atoms. The molecule has 6 nitrogen and oxygen atoms in total. The Kier molecular flexibility index (Phi) is 7.49. The number of thioether (sulfide) groups is 1. The molecule has 7 heteroatoms. The Labute approximate surface area is 153 Å². The number of anilines is 1. The number of aryl methyl sites for hydroxylation is 1. The van der Waals surface area contributed by atoms with Crippen molar-refractivity contribution in [2.24, 2.45) is 0 Å². The summed E-state index contributed by atoms with van der Waals surface area (Å²) in [5, 5.41) is 14.1. The SMILES string of the molecule is CCOc1ccc(CNc2nc(SC)ncc2C(O)OCC)cc1C. The maximum absolute atomic E-state index is 10.1. The fraction of sp³-hybridized carbons (Fsp3) is 0.444. The highest BCUT2D eigenvalue weighted by Gasteiger charge is 2.15. The lowest BCUT2D eigenvalue weighted by molar-refractivity contribution is -0.0979. The molecule has 25 heavy (non-hydrogen) atoms. The van der Waals surface area contributed by atoms with E-state index >= 15 is 0 Å². The Morgan fingerprint density at radius 2 is 2.08 bits per heavy atom. The maximum atomic E-state index is 10.1. The molecule has 0 aliphatic heterocycles. The summed E-state index contributed by atoms with van der Waals surface area (Å²) in [4.78, 5) is 8.67. The number of hydrogen-bond donors (Lipinski definition) is 2. The van der Waals surface area contributed by atoms with E-state index in [1.54, 1.807) is 6.20 Å². The highest BCUT2D eigenvalue weighted by atomic mass is 32.2. The van der Waals surface area contributed by atoms with Crippen LogP contribution in [-0.2, 0) is 11.3 Å². The predicted octanol–water partition coefficient (Wildman–Crippen LogP) is 3.55. The van der Waals surface area contributed by atoms with Gasteiger partial charge in [-0.05, 0) is 44.2 Å². The van der Waals surface area contributed by atoms with Gasteiger partial charge < -0.3 is 19.9 Å². The lowest BCUT2D eigenvalue weighted by atomic mass is 10.1. The first kappa shape index (κ1) is 19.5. The van der Waals surface area contributed by atoms with Gasteiger partial charge in [0.05, 0.1) is 12.2 Å². The van der Waals surface area contributed by atoms with Crippen molar-refractivity contribution in [2.45, 2.75) is 38.8 Å². The molecule has 0 aliphatic rings. The van der Waals surface area contributed by atoms with Crippen molar-refractivity contribution in [3.63, 3.8) is 0 Å². The largest absolute Gasteiger partial charge is 0.494 e. The van der Waals surface area contributed by atoms with Gasteiger partial charge in [-0.2, -0.15) is 0 Å². The second-order valence-corrected chi connectivity index (χ2v) is 6.13. The molecule has 0 saturated heterocycles. The quantitative estimate of drug-likeness (QED) is 0.401. The summed E-state index contributed by atoms with van der Waals surface area (Å²) >= 11 is 1.45. The van der Waals surface area contributed by atoms with Crippen LogP contribution in [0.3, 0.4) is 0 Å². The fourth-order valence-electron chi connectivity index (χ4n) is 2.37. The summed E-state index contributed by atoms with van der Waals surface area (Å²) in [7, 11) is 0. The summed E-state index contributed by atoms with van der Waals surface area (Å²) in [6, 6.07) is 6.06. The summed E-state index contributed by atoms with van der Waals surface area (Å²) in [5.74, 6) is 1.47. The molecule has 1 unspecified atom stereocenters. The van der Waals surface area contributed by atoms with Crippen LogP contribution in [0, 0.1) is 6.92 Å². The van der Waals surface area contributed by atoms with E-state index in [0.29, 0.717) is 36.3 Å². The summed E-state index contributed by atoms with van der Waals surface area (Å²) in [6.45, 7) is 7.45. The second-order valence-electron chi connectivity index (χ2n) is 5.35. The van der Waals surface area contributed by atoms with Crippen molar-refractivity contribution < 1.29 is 14.6 Å². The average molecular weight is 363 g/mol. The molecule has 2 N–H and O–H groups in total. The normalized spacial score (nSPS) is 12.0. The highest BCUT2D eigenvalue weighted by molar-refractivity contribution is 7.98. The fourth-order valence-corrected chi connectivity index (χ4v) is 2.71. The van der Waals surface area contributed by atoms with E-state index in [1.807, 2.05) is 39.2 Å². The van der Waals surface area contributed by atoms with Crippen LogP contribution in [0.4, 0.5) is 5.82 Å². The van der Waals surface area contributed by atoms with Crippen LogP contribution >= 0.6 is 11.8 Å². The second kappa shape index (κ2) is 9.60. The van der Waals surface area contributed by atoms with E-state index in [9.17, 15) is 5.11 Å². The van der Waals surface area contributed by atoms with Gasteiger partial charge in [-0.1, -0.05) is 23.9 Å². The minimum Gasteiger partial charge on any atom is -0.494 e. The maximum Gasteiger partial charge on any atom is 0.189 e. The average Bonchev–Trinajstić information content (AvgIpc) is 2.62. The third kappa shape index (κ3) is 5.32. The van der Waals surface area contributed by atoms with Crippen LogP contribution in [0.5, 0.6) is 5.75 Å². The topological polar surface area (TPSA) is 76.5 Å². The number of ether oxygens (including phenoxy) is 2. The van der Waals surface area contributed by atoms with Gasteiger partial charge in [0.1, 0.15) is 11.6 Å². The molecule has 2 aromatic rings. The molecule has 0 aliphatic carbocycles. The molecule has 0 amide bonds. The summed E-state index contributed by atoms with van der Waals surface area (Å²) < 4.78 is 10.8. The van der Waals surface area contributed by atoms with Gasteiger partial charge in [0.2, 0.25) is 0 Å². The van der Waals surface area contributed by atoms with Crippen LogP contribution in [0.15, 0.2) is 29.6 Å². The first-order chi connectivity index (χ1) is 12.1. The van der Waals surface area contributed by atoms with E-state index in [4.69, 9.17) is 9.47 Å². The zero-order valence-electron chi connectivity index (χ0n) is 15.1. The van der Waals surface area contributed by atoms with Crippen molar-refractivity contribution in [1.29, 1.82) is 0 Å². The van der Waals surface area contributed by atoms with Crippen LogP contribution in [-0.4, -0.2) is 34.5 Å². The number of nitrogens with one attached hydrogen (secondary N) is 1. The Morgan fingerprint density at radius 1 is 1.28 bits per heavy atom. The molecule has 0 saturated carbocycles. The minimum atomic E-state index is -1.05. The molecule has 136 valence electrons. The monoisotopic (exact) mass is 363 g/mol. The number of aliphatic hydroxyl groups is 1. The number of hydrogen-bond acceptors (Lipinski definition) is 7. The third-order valence-electron chi connectivity index (χ3n) is 3.57. The number of nitrogens with zero attached hydrogens (tertiary/aromatic N) is 2. The van der Waals surface area contributed by atoms with Crippen molar-refractivity contribution in [1.82, 2.24) is 9.97 Å². The summed E-state index contributed by atoms with van der Waals surface area (Å²) in [5.41, 5.74) is 2.72. The van der Waals surface area contributed by atoms with Gasteiger partial charge in [-0.25, -0.2) is 9.97 Å². The van der Waals surface area contributed by atoms with Crippen molar-refractivity contribution in [3.8, 4) is 5.75 Å². The molecule has 1 aromatic carbocycles. The zero-order valence-corrected chi connectivity index (χ0v) is 15.9. The van der Waals surface area contributed by atoms with Gasteiger partial charge in [0, 0.05) is 19.3 Å². The minimum absolute atomic E-state index is 0.406. The molecule has 1 heterocycles. The molecule has 1 aromatic heterocycles. The molecule has 0 radical (unpaired) electrons. The van der Waals surface area contributed by atoms with Gasteiger partial charge in [-0.3, -0.25) is 0 Å². The molecule has 1 atom stereocenters. The number of aromatic nitrogens is 2. The smallest absolute Gasteiger partial charge is 0.189 e. The van der Waals surface area contributed by atoms with E-state index in [1.165, 1.54) is 11.8 Å². The Morgan fingerprint density at radius 3 is 2.72 bits per heavy atom. The summed E-state index contributed by atoms with van der Waals surface area (Å²) in [6.07, 6.45) is 2.46. The van der Waals surface area contributed by atoms with E-state index in [-0.39, 0.29) is 0 Å². The predicted molar refractivity (Wildman–Crippen MR) is 100 cm³/mol. The Balaban J connectivity index is 2.17. The Bertz CT molecular complexity index is 697. The molecular weight excluding hydrogens is 338 g/mol. The van der Waals surface area contributed by atoms with E-state index in [0.717, 1.165) is 16.9 Å². The molecule has 0 spiro atoms. The highest BCUT2D eigenvalue weighted by Crippen LogP contribution is 2.25. The van der Waals surface area contributed by atoms with Crippen LogP contribution in [0.2, 0.25) is 0 Å². The van der Waals surface area contributed by atoms with Crippen LogP contribution in [0.25, 0.3) is 0 Å². The molecular formula is C18H25N3O3S. The molecule has 0 fully saturated rings. The number of aliphatic hydroxyl groups excluding tert-OH is 1. The lowest BCUT2D eigenvalue weighted by Crippen LogP contribution is -2.11. The zero-order chi connectivity index (χ0) is 18.2. The third-order valence-corrected chi connectivity index (χ3v) is 4.13. The van der Waals surface area contributed by atoms with Crippen molar-refractivity contribution >= 4 is 17.6 Å². The van der Waals surface area contributed by atoms with E-state index in [2.05, 4.69) is 21.4 Å². The number of benzene rings is 1.